The van der Waals surface area contributed by atoms with Gasteiger partial charge in [0, 0.05) is 24.7 Å². The molecule has 8 heteroatoms. The fourth-order valence-corrected chi connectivity index (χ4v) is 5.19. The number of nitrogens with zero attached hydrogens (tertiary/aromatic N) is 4. The van der Waals surface area contributed by atoms with E-state index in [4.69, 9.17) is 0 Å². The van der Waals surface area contributed by atoms with Crippen molar-refractivity contribution in [3.8, 4) is 23.2 Å². The molecule has 152 valence electrons. The summed E-state index contributed by atoms with van der Waals surface area (Å²) in [6, 6.07) is 7.15. The molecule has 0 radical (unpaired) electrons. The van der Waals surface area contributed by atoms with Gasteiger partial charge in [-0.05, 0) is 32.4 Å². The molecule has 0 saturated heterocycles. The number of benzene rings is 1. The third-order valence-electron chi connectivity index (χ3n) is 4.58. The van der Waals surface area contributed by atoms with Crippen molar-refractivity contribution in [3.63, 3.8) is 0 Å². The SMILES string of the molecule is CC#CCSc1nnc(-c2cccc(S(=O)(=O)N(CC)CC)c2)n1C(C)CC. The van der Waals surface area contributed by atoms with Crippen LogP contribution >= 0.6 is 11.8 Å². The van der Waals surface area contributed by atoms with Crippen molar-refractivity contribution in [2.75, 3.05) is 18.8 Å². The highest BCUT2D eigenvalue weighted by atomic mass is 32.2. The quantitative estimate of drug-likeness (QED) is 0.452. The number of sulfonamides is 1. The van der Waals surface area contributed by atoms with E-state index in [2.05, 4.69) is 40.5 Å². The molecule has 0 saturated carbocycles. The van der Waals surface area contributed by atoms with E-state index in [1.54, 1.807) is 30.0 Å². The lowest BCUT2D eigenvalue weighted by atomic mass is 10.2. The zero-order chi connectivity index (χ0) is 20.7. The molecule has 0 N–H and O–H groups in total. The molecule has 0 aliphatic heterocycles. The van der Waals surface area contributed by atoms with E-state index in [1.165, 1.54) is 4.31 Å². The van der Waals surface area contributed by atoms with Crippen LogP contribution in [0.15, 0.2) is 34.3 Å². The van der Waals surface area contributed by atoms with E-state index in [0.29, 0.717) is 24.7 Å². The average molecular weight is 421 g/mol. The lowest BCUT2D eigenvalue weighted by Crippen LogP contribution is -2.30. The van der Waals surface area contributed by atoms with Crippen molar-refractivity contribution in [2.45, 2.75) is 57.1 Å². The molecule has 1 atom stereocenters. The molecular weight excluding hydrogens is 392 g/mol. The molecule has 28 heavy (non-hydrogen) atoms. The third-order valence-corrected chi connectivity index (χ3v) is 7.45. The van der Waals surface area contributed by atoms with E-state index < -0.39 is 10.0 Å². The van der Waals surface area contributed by atoms with Crippen LogP contribution in [0, 0.1) is 11.8 Å². The minimum Gasteiger partial charge on any atom is -0.299 e. The first-order chi connectivity index (χ1) is 13.4. The first-order valence-electron chi connectivity index (χ1n) is 9.48. The molecule has 0 amide bonds. The van der Waals surface area contributed by atoms with Gasteiger partial charge in [-0.3, -0.25) is 4.57 Å². The highest BCUT2D eigenvalue weighted by Crippen LogP contribution is 2.30. The molecular formula is C20H28N4O2S2. The number of hydrogen-bond donors (Lipinski definition) is 0. The van der Waals surface area contributed by atoms with Gasteiger partial charge in [0.05, 0.1) is 10.6 Å². The maximum absolute atomic E-state index is 12.9. The summed E-state index contributed by atoms with van der Waals surface area (Å²) in [5, 5.41) is 9.51. The molecule has 0 aliphatic rings. The van der Waals surface area contributed by atoms with Gasteiger partial charge in [-0.1, -0.05) is 50.6 Å². The zero-order valence-electron chi connectivity index (χ0n) is 17.1. The smallest absolute Gasteiger partial charge is 0.243 e. The van der Waals surface area contributed by atoms with Crippen LogP contribution in [0.1, 0.15) is 47.1 Å². The van der Waals surface area contributed by atoms with Gasteiger partial charge in [-0.25, -0.2) is 8.42 Å². The second-order valence-electron chi connectivity index (χ2n) is 6.27. The normalized spacial score (nSPS) is 12.6. The second kappa shape index (κ2) is 10.1. The topological polar surface area (TPSA) is 68.1 Å². The van der Waals surface area contributed by atoms with Gasteiger partial charge in [0.25, 0.3) is 0 Å². The van der Waals surface area contributed by atoms with Gasteiger partial charge in [-0.15, -0.1) is 16.1 Å². The van der Waals surface area contributed by atoms with Crippen LogP contribution < -0.4 is 0 Å². The summed E-state index contributed by atoms with van der Waals surface area (Å²) in [4.78, 5) is 0.276. The van der Waals surface area contributed by atoms with Crippen LogP contribution in [0.25, 0.3) is 11.4 Å². The zero-order valence-corrected chi connectivity index (χ0v) is 18.8. The Hall–Kier alpha value is -1.82. The second-order valence-corrected chi connectivity index (χ2v) is 9.15. The fourth-order valence-electron chi connectivity index (χ4n) is 2.83. The summed E-state index contributed by atoms with van der Waals surface area (Å²) in [6.45, 7) is 10.6. The van der Waals surface area contributed by atoms with E-state index in [-0.39, 0.29) is 10.9 Å². The first kappa shape index (κ1) is 22.5. The van der Waals surface area contributed by atoms with Crippen LogP contribution in [0.2, 0.25) is 0 Å². The molecule has 2 aromatic rings. The van der Waals surface area contributed by atoms with Crippen LogP contribution in [0.5, 0.6) is 0 Å². The van der Waals surface area contributed by atoms with Crippen molar-refractivity contribution in [1.82, 2.24) is 19.1 Å². The molecule has 0 aliphatic carbocycles. The first-order valence-corrected chi connectivity index (χ1v) is 11.9. The average Bonchev–Trinajstić information content (AvgIpc) is 3.12. The standard InChI is InChI=1S/C20H28N4O2S2/c1-6-10-14-27-20-22-21-19(24(20)16(5)7-2)17-12-11-13-18(15-17)28(25,26)23(8-3)9-4/h11-13,15-16H,7-9,14H2,1-5H3. The monoisotopic (exact) mass is 420 g/mol. The fraction of sp³-hybridized carbons (Fsp3) is 0.500. The van der Waals surface area contributed by atoms with Gasteiger partial charge in [0.2, 0.25) is 10.0 Å². The van der Waals surface area contributed by atoms with Crippen molar-refractivity contribution in [2.24, 2.45) is 0 Å². The molecule has 0 fully saturated rings. The van der Waals surface area contributed by atoms with Gasteiger partial charge in [0.15, 0.2) is 11.0 Å². The molecule has 1 heterocycles. The number of rotatable bonds is 9. The molecule has 1 unspecified atom stereocenters. The summed E-state index contributed by atoms with van der Waals surface area (Å²) in [7, 11) is -3.53. The molecule has 2 rings (SSSR count). The van der Waals surface area contributed by atoms with Crippen LogP contribution in [-0.2, 0) is 10.0 Å². The van der Waals surface area contributed by atoms with Crippen LogP contribution in [0.3, 0.4) is 0 Å². The Morgan fingerprint density at radius 3 is 2.54 bits per heavy atom. The van der Waals surface area contributed by atoms with Gasteiger partial charge < -0.3 is 0 Å². The Kier molecular flexibility index (Phi) is 8.10. The molecule has 0 spiro atoms. The summed E-state index contributed by atoms with van der Waals surface area (Å²) in [5.74, 6) is 7.24. The Morgan fingerprint density at radius 1 is 1.21 bits per heavy atom. The number of aromatic nitrogens is 3. The maximum Gasteiger partial charge on any atom is 0.243 e. The largest absolute Gasteiger partial charge is 0.299 e. The predicted octanol–water partition coefficient (Wildman–Crippen LogP) is 4.06. The van der Waals surface area contributed by atoms with E-state index >= 15 is 0 Å². The minimum absolute atomic E-state index is 0.185. The van der Waals surface area contributed by atoms with Gasteiger partial charge in [0.1, 0.15) is 0 Å². The Balaban J connectivity index is 2.52. The summed E-state index contributed by atoms with van der Waals surface area (Å²) in [5.41, 5.74) is 0.745. The van der Waals surface area contributed by atoms with Crippen LogP contribution in [-0.4, -0.2) is 46.3 Å². The molecule has 6 nitrogen and oxygen atoms in total. The summed E-state index contributed by atoms with van der Waals surface area (Å²) in [6.07, 6.45) is 0.912. The minimum atomic E-state index is -3.53. The van der Waals surface area contributed by atoms with Crippen molar-refractivity contribution in [1.29, 1.82) is 0 Å². The van der Waals surface area contributed by atoms with Gasteiger partial charge >= 0.3 is 0 Å². The van der Waals surface area contributed by atoms with E-state index in [1.807, 2.05) is 26.8 Å². The van der Waals surface area contributed by atoms with Crippen molar-refractivity contribution in [3.05, 3.63) is 24.3 Å². The summed E-state index contributed by atoms with van der Waals surface area (Å²) < 4.78 is 29.3. The Labute approximate surface area is 172 Å². The lowest BCUT2D eigenvalue weighted by Gasteiger charge is -2.19. The molecule has 1 aromatic heterocycles. The van der Waals surface area contributed by atoms with Crippen molar-refractivity contribution < 1.29 is 8.42 Å². The number of thioether (sulfide) groups is 1. The highest BCUT2D eigenvalue weighted by Gasteiger charge is 2.24. The van der Waals surface area contributed by atoms with Crippen LogP contribution in [0.4, 0.5) is 0 Å². The Morgan fingerprint density at radius 2 is 1.93 bits per heavy atom. The van der Waals surface area contributed by atoms with Gasteiger partial charge in [-0.2, -0.15) is 4.31 Å². The molecule has 0 bridgehead atoms. The van der Waals surface area contributed by atoms with Crippen molar-refractivity contribution >= 4 is 21.8 Å². The lowest BCUT2D eigenvalue weighted by molar-refractivity contribution is 0.445. The summed E-state index contributed by atoms with van der Waals surface area (Å²) >= 11 is 1.54. The molecule has 1 aromatic carbocycles. The van der Waals surface area contributed by atoms with E-state index in [9.17, 15) is 8.42 Å². The number of hydrogen-bond acceptors (Lipinski definition) is 5. The maximum atomic E-state index is 12.9. The third kappa shape index (κ3) is 4.77. The Bertz CT molecular complexity index is 954. The van der Waals surface area contributed by atoms with E-state index in [0.717, 1.165) is 17.1 Å². The highest BCUT2D eigenvalue weighted by molar-refractivity contribution is 7.99. The predicted molar refractivity (Wildman–Crippen MR) is 115 cm³/mol.